The highest BCUT2D eigenvalue weighted by atomic mass is 16.4. The van der Waals surface area contributed by atoms with Crippen molar-refractivity contribution in [2.24, 2.45) is 0 Å². The Labute approximate surface area is 132 Å². The average Bonchev–Trinajstić information content (AvgIpc) is 3.30. The zero-order chi connectivity index (χ0) is 16.0. The molecule has 1 saturated carbocycles. The number of fused-ring (bicyclic) bond motifs is 1. The van der Waals surface area contributed by atoms with E-state index in [0.29, 0.717) is 37.0 Å². The van der Waals surface area contributed by atoms with Crippen LogP contribution in [0, 0.1) is 0 Å². The number of carboxylic acid groups (broad SMARTS) is 1. The molecule has 2 aliphatic rings. The second-order valence-corrected chi connectivity index (χ2v) is 6.11. The van der Waals surface area contributed by atoms with Crippen molar-refractivity contribution in [3.05, 3.63) is 52.7 Å². The number of oxazole rings is 1. The van der Waals surface area contributed by atoms with Crippen molar-refractivity contribution < 1.29 is 19.1 Å². The molecule has 1 fully saturated rings. The Morgan fingerprint density at radius 2 is 2.09 bits per heavy atom. The molecule has 0 radical (unpaired) electrons. The van der Waals surface area contributed by atoms with Crippen LogP contribution in [0.15, 0.2) is 28.9 Å². The van der Waals surface area contributed by atoms with E-state index in [1.807, 2.05) is 6.07 Å². The van der Waals surface area contributed by atoms with E-state index in [-0.39, 0.29) is 11.5 Å². The van der Waals surface area contributed by atoms with E-state index in [4.69, 9.17) is 9.52 Å². The maximum atomic E-state index is 12.6. The molecule has 4 rings (SSSR count). The minimum Gasteiger partial charge on any atom is -0.478 e. The van der Waals surface area contributed by atoms with Gasteiger partial charge in [-0.15, -0.1) is 0 Å². The van der Waals surface area contributed by atoms with Gasteiger partial charge in [-0.2, -0.15) is 0 Å². The van der Waals surface area contributed by atoms with E-state index < -0.39 is 5.97 Å². The zero-order valence-corrected chi connectivity index (χ0v) is 12.5. The van der Waals surface area contributed by atoms with Gasteiger partial charge in [0.05, 0.1) is 5.56 Å². The van der Waals surface area contributed by atoms with Crippen LogP contribution in [0.2, 0.25) is 0 Å². The molecule has 0 saturated heterocycles. The third-order valence-electron chi connectivity index (χ3n) is 4.42. The molecule has 1 aromatic carbocycles. The maximum Gasteiger partial charge on any atom is 0.335 e. The number of hydrogen-bond donors (Lipinski definition) is 1. The van der Waals surface area contributed by atoms with E-state index in [1.165, 1.54) is 6.26 Å². The van der Waals surface area contributed by atoms with Crippen molar-refractivity contribution in [3.63, 3.8) is 0 Å². The van der Waals surface area contributed by atoms with Crippen molar-refractivity contribution in [3.8, 4) is 0 Å². The molecule has 0 spiro atoms. The number of nitrogens with zero attached hydrogens (tertiary/aromatic N) is 2. The Kier molecular flexibility index (Phi) is 3.18. The van der Waals surface area contributed by atoms with Crippen LogP contribution in [-0.2, 0) is 13.0 Å². The predicted octanol–water partition coefficient (Wildman–Crippen LogP) is 2.45. The van der Waals surface area contributed by atoms with Crippen molar-refractivity contribution in [2.75, 3.05) is 6.54 Å². The Hall–Kier alpha value is -2.63. The van der Waals surface area contributed by atoms with Crippen molar-refractivity contribution in [1.82, 2.24) is 9.88 Å². The normalized spacial score (nSPS) is 17.0. The number of carbonyl (C=O) groups excluding carboxylic acids is 1. The highest BCUT2D eigenvalue weighted by molar-refractivity contribution is 5.92. The molecule has 0 atom stereocenters. The summed E-state index contributed by atoms with van der Waals surface area (Å²) >= 11 is 0. The first-order valence-electron chi connectivity index (χ1n) is 7.71. The minimum atomic E-state index is -0.957. The van der Waals surface area contributed by atoms with Gasteiger partial charge in [0.2, 0.25) is 0 Å². The van der Waals surface area contributed by atoms with Crippen LogP contribution in [0.5, 0.6) is 0 Å². The van der Waals surface area contributed by atoms with Crippen molar-refractivity contribution in [1.29, 1.82) is 0 Å². The first kappa shape index (κ1) is 14.0. The lowest BCUT2D eigenvalue weighted by Gasteiger charge is -2.28. The summed E-state index contributed by atoms with van der Waals surface area (Å²) in [7, 11) is 0. The van der Waals surface area contributed by atoms with Gasteiger partial charge in [0.25, 0.3) is 5.91 Å². The van der Waals surface area contributed by atoms with Gasteiger partial charge in [-0.3, -0.25) is 4.79 Å². The van der Waals surface area contributed by atoms with Crippen LogP contribution in [-0.4, -0.2) is 33.4 Å². The van der Waals surface area contributed by atoms with Crippen LogP contribution in [0.25, 0.3) is 0 Å². The van der Waals surface area contributed by atoms with Gasteiger partial charge in [0, 0.05) is 19.0 Å². The first-order valence-corrected chi connectivity index (χ1v) is 7.71. The van der Waals surface area contributed by atoms with Crippen LogP contribution in [0.1, 0.15) is 56.6 Å². The third-order valence-corrected chi connectivity index (χ3v) is 4.42. The van der Waals surface area contributed by atoms with Gasteiger partial charge in [0.15, 0.2) is 11.6 Å². The Balaban J connectivity index is 1.55. The number of rotatable bonds is 3. The molecule has 1 aliphatic heterocycles. The van der Waals surface area contributed by atoms with Crippen molar-refractivity contribution in [2.45, 2.75) is 31.7 Å². The van der Waals surface area contributed by atoms with Gasteiger partial charge >= 0.3 is 5.97 Å². The standard InChI is InChI=1S/C17H16N2O4/c20-16(14-9-23-15(18-14)11-2-3-11)19-6-5-10-1-4-12(17(21)22)7-13(10)8-19/h1,4,7,9,11H,2-3,5-6,8H2,(H,21,22). The molecule has 2 heterocycles. The van der Waals surface area contributed by atoms with E-state index in [1.54, 1.807) is 17.0 Å². The number of aromatic carboxylic acids is 1. The van der Waals surface area contributed by atoms with Crippen LogP contribution < -0.4 is 0 Å². The van der Waals surface area contributed by atoms with Gasteiger partial charge in [-0.25, -0.2) is 9.78 Å². The number of carbonyl (C=O) groups is 2. The molecule has 0 bridgehead atoms. The summed E-state index contributed by atoms with van der Waals surface area (Å²) in [5.74, 6) is -0.0930. The fraction of sp³-hybridized carbons (Fsp3) is 0.353. The van der Waals surface area contributed by atoms with Crippen LogP contribution in [0.3, 0.4) is 0 Å². The fourth-order valence-electron chi connectivity index (χ4n) is 2.93. The Morgan fingerprint density at radius 3 is 2.83 bits per heavy atom. The molecule has 6 nitrogen and oxygen atoms in total. The largest absolute Gasteiger partial charge is 0.478 e. The molecule has 1 aliphatic carbocycles. The molecular formula is C17H16N2O4. The average molecular weight is 312 g/mol. The molecule has 0 unspecified atom stereocenters. The van der Waals surface area contributed by atoms with Gasteiger partial charge < -0.3 is 14.4 Å². The molecular weight excluding hydrogens is 296 g/mol. The summed E-state index contributed by atoms with van der Waals surface area (Å²) in [5, 5.41) is 9.10. The summed E-state index contributed by atoms with van der Waals surface area (Å²) in [6.07, 6.45) is 4.29. The Morgan fingerprint density at radius 1 is 1.26 bits per heavy atom. The fourth-order valence-corrected chi connectivity index (χ4v) is 2.93. The van der Waals surface area contributed by atoms with E-state index >= 15 is 0 Å². The second kappa shape index (κ2) is 5.22. The zero-order valence-electron chi connectivity index (χ0n) is 12.5. The molecule has 118 valence electrons. The number of amides is 1. The third kappa shape index (κ3) is 2.60. The second-order valence-electron chi connectivity index (χ2n) is 6.11. The van der Waals surface area contributed by atoms with Crippen LogP contribution >= 0.6 is 0 Å². The number of carboxylic acids is 1. The maximum absolute atomic E-state index is 12.6. The molecule has 1 N–H and O–H groups in total. The molecule has 6 heteroatoms. The molecule has 2 aromatic rings. The monoisotopic (exact) mass is 312 g/mol. The molecule has 1 aromatic heterocycles. The topological polar surface area (TPSA) is 83.6 Å². The predicted molar refractivity (Wildman–Crippen MR) is 80.3 cm³/mol. The Bertz CT molecular complexity index is 792. The lowest BCUT2D eigenvalue weighted by Crippen LogP contribution is -2.36. The SMILES string of the molecule is O=C(O)c1ccc2c(c1)CN(C(=O)c1coc(C3CC3)n1)CC2. The van der Waals surface area contributed by atoms with E-state index in [9.17, 15) is 9.59 Å². The highest BCUT2D eigenvalue weighted by Crippen LogP contribution is 2.39. The number of benzene rings is 1. The molecule has 23 heavy (non-hydrogen) atoms. The lowest BCUT2D eigenvalue weighted by molar-refractivity contribution is 0.0696. The first-order chi connectivity index (χ1) is 11.1. The minimum absolute atomic E-state index is 0.160. The molecule has 1 amide bonds. The smallest absolute Gasteiger partial charge is 0.335 e. The highest BCUT2D eigenvalue weighted by Gasteiger charge is 2.31. The van der Waals surface area contributed by atoms with Crippen LogP contribution in [0.4, 0.5) is 0 Å². The van der Waals surface area contributed by atoms with Gasteiger partial charge in [-0.05, 0) is 42.5 Å². The quantitative estimate of drug-likeness (QED) is 0.941. The summed E-state index contributed by atoms with van der Waals surface area (Å²) in [6, 6.07) is 5.09. The summed E-state index contributed by atoms with van der Waals surface area (Å²) in [4.78, 5) is 29.7. The summed E-state index contributed by atoms with van der Waals surface area (Å²) < 4.78 is 5.38. The van der Waals surface area contributed by atoms with Gasteiger partial charge in [-0.1, -0.05) is 6.07 Å². The lowest BCUT2D eigenvalue weighted by atomic mass is 9.97. The number of hydrogen-bond acceptors (Lipinski definition) is 4. The van der Waals surface area contributed by atoms with E-state index in [0.717, 1.165) is 24.0 Å². The number of aromatic nitrogens is 1. The summed E-state index contributed by atoms with van der Waals surface area (Å²) in [6.45, 7) is 1.00. The van der Waals surface area contributed by atoms with Gasteiger partial charge in [0.1, 0.15) is 6.26 Å². The summed E-state index contributed by atoms with van der Waals surface area (Å²) in [5.41, 5.74) is 2.56. The van der Waals surface area contributed by atoms with Crippen molar-refractivity contribution >= 4 is 11.9 Å². The van der Waals surface area contributed by atoms with E-state index in [2.05, 4.69) is 4.98 Å².